The molecule has 0 radical (unpaired) electrons. The molecule has 3 aromatic rings. The molecule has 0 aliphatic rings. The maximum atomic E-state index is 12.3. The number of thioether (sulfide) groups is 1. The largest absolute Gasteiger partial charge is 0.483 e. The summed E-state index contributed by atoms with van der Waals surface area (Å²) in [6.45, 7) is 1.86. The summed E-state index contributed by atoms with van der Waals surface area (Å²) in [7, 11) is 1.79. The Morgan fingerprint density at radius 1 is 1.32 bits per heavy atom. The van der Waals surface area contributed by atoms with E-state index in [-0.39, 0.29) is 34.2 Å². The maximum absolute atomic E-state index is 12.3. The molecule has 0 saturated heterocycles. The van der Waals surface area contributed by atoms with Crippen LogP contribution in [0.25, 0.3) is 0 Å². The van der Waals surface area contributed by atoms with E-state index in [0.717, 1.165) is 4.47 Å². The van der Waals surface area contributed by atoms with Gasteiger partial charge in [0.25, 0.3) is 5.69 Å². The number of nitro groups is 1. The van der Waals surface area contributed by atoms with Gasteiger partial charge in [-0.15, -0.1) is 10.2 Å². The molecule has 31 heavy (non-hydrogen) atoms. The standard InChI is InChI=1S/C19H17BrClN5O4S/c1-11(30-14-6-3-12(20)4-7-14)18-23-24-19(25(18)2)31-10-17(27)22-13-5-8-15(21)16(9-13)26(28)29/h3-9,11H,10H2,1-2H3,(H,22,27). The Kier molecular flexibility index (Phi) is 7.52. The van der Waals surface area contributed by atoms with E-state index >= 15 is 0 Å². The number of nitrogens with zero attached hydrogens (tertiary/aromatic N) is 4. The molecule has 0 saturated carbocycles. The Morgan fingerprint density at radius 3 is 2.71 bits per heavy atom. The number of halogens is 2. The summed E-state index contributed by atoms with van der Waals surface area (Å²) in [4.78, 5) is 22.6. The van der Waals surface area contributed by atoms with Crippen molar-refractivity contribution in [3.63, 3.8) is 0 Å². The van der Waals surface area contributed by atoms with Crippen molar-refractivity contribution in [2.75, 3.05) is 11.1 Å². The second kappa shape index (κ2) is 10.1. The zero-order valence-electron chi connectivity index (χ0n) is 16.4. The van der Waals surface area contributed by atoms with Gasteiger partial charge in [-0.2, -0.15) is 0 Å². The minimum Gasteiger partial charge on any atom is -0.483 e. The van der Waals surface area contributed by atoms with E-state index in [1.165, 1.54) is 30.0 Å². The number of hydrogen-bond acceptors (Lipinski definition) is 7. The number of rotatable bonds is 8. The summed E-state index contributed by atoms with van der Waals surface area (Å²) >= 11 is 10.4. The Balaban J connectivity index is 1.59. The van der Waals surface area contributed by atoms with Crippen LogP contribution in [0.15, 0.2) is 52.1 Å². The van der Waals surface area contributed by atoms with E-state index < -0.39 is 4.92 Å². The van der Waals surface area contributed by atoms with Crippen LogP contribution in [-0.2, 0) is 11.8 Å². The fourth-order valence-electron chi connectivity index (χ4n) is 2.63. The van der Waals surface area contributed by atoms with Crippen LogP contribution < -0.4 is 10.1 Å². The summed E-state index contributed by atoms with van der Waals surface area (Å²) in [5.41, 5.74) is 0.0155. The SMILES string of the molecule is CC(Oc1ccc(Br)cc1)c1nnc(SCC(=O)Nc2ccc(Cl)c([N+](=O)[O-])c2)n1C. The van der Waals surface area contributed by atoms with Crippen molar-refractivity contribution in [2.45, 2.75) is 18.2 Å². The predicted octanol–water partition coefficient (Wildman–Crippen LogP) is 5.01. The number of carbonyl (C=O) groups is 1. The van der Waals surface area contributed by atoms with E-state index in [0.29, 0.717) is 16.7 Å². The number of aromatic nitrogens is 3. The van der Waals surface area contributed by atoms with Gasteiger partial charge >= 0.3 is 0 Å². The summed E-state index contributed by atoms with van der Waals surface area (Å²) < 4.78 is 8.61. The first-order valence-electron chi connectivity index (χ1n) is 8.92. The Hall–Kier alpha value is -2.63. The molecule has 1 aromatic heterocycles. The van der Waals surface area contributed by atoms with E-state index in [1.54, 1.807) is 11.6 Å². The van der Waals surface area contributed by atoms with Gasteiger partial charge in [-0.3, -0.25) is 14.9 Å². The highest BCUT2D eigenvalue weighted by Gasteiger charge is 2.19. The molecule has 1 amide bonds. The molecule has 0 bridgehead atoms. The minimum absolute atomic E-state index is 0.00321. The third-order valence-electron chi connectivity index (χ3n) is 4.12. The number of ether oxygens (including phenoxy) is 1. The number of hydrogen-bond donors (Lipinski definition) is 1. The Labute approximate surface area is 195 Å². The van der Waals surface area contributed by atoms with Crippen molar-refractivity contribution in [3.8, 4) is 5.75 Å². The molecular weight excluding hydrogens is 510 g/mol. The highest BCUT2D eigenvalue weighted by atomic mass is 79.9. The molecule has 12 heteroatoms. The molecule has 2 aromatic carbocycles. The molecular formula is C19H17BrClN5O4S. The average Bonchev–Trinajstić information content (AvgIpc) is 3.10. The van der Waals surface area contributed by atoms with Crippen LogP contribution in [0, 0.1) is 10.1 Å². The van der Waals surface area contributed by atoms with Gasteiger partial charge in [-0.25, -0.2) is 0 Å². The van der Waals surface area contributed by atoms with Crippen molar-refractivity contribution in [3.05, 3.63) is 67.9 Å². The van der Waals surface area contributed by atoms with Crippen LogP contribution in [-0.4, -0.2) is 31.3 Å². The highest BCUT2D eigenvalue weighted by Crippen LogP contribution is 2.28. The van der Waals surface area contributed by atoms with Crippen molar-refractivity contribution in [2.24, 2.45) is 7.05 Å². The topological polar surface area (TPSA) is 112 Å². The maximum Gasteiger partial charge on any atom is 0.289 e. The average molecular weight is 527 g/mol. The van der Waals surface area contributed by atoms with Gasteiger partial charge in [-0.1, -0.05) is 39.3 Å². The van der Waals surface area contributed by atoms with Gasteiger partial charge in [0, 0.05) is 23.3 Å². The first-order chi connectivity index (χ1) is 14.7. The quantitative estimate of drug-likeness (QED) is 0.249. The van der Waals surface area contributed by atoms with Gasteiger partial charge in [0.1, 0.15) is 10.8 Å². The first-order valence-corrected chi connectivity index (χ1v) is 11.1. The lowest BCUT2D eigenvalue weighted by Crippen LogP contribution is -2.15. The number of benzene rings is 2. The van der Waals surface area contributed by atoms with E-state index in [4.69, 9.17) is 16.3 Å². The molecule has 0 spiro atoms. The number of nitro benzene ring substituents is 1. The monoisotopic (exact) mass is 525 g/mol. The van der Waals surface area contributed by atoms with Gasteiger partial charge in [0.2, 0.25) is 5.91 Å². The molecule has 162 valence electrons. The second-order valence-electron chi connectivity index (χ2n) is 6.37. The van der Waals surface area contributed by atoms with Gasteiger partial charge in [0.15, 0.2) is 17.1 Å². The number of anilines is 1. The molecule has 0 aliphatic carbocycles. The summed E-state index contributed by atoms with van der Waals surface area (Å²) in [6, 6.07) is 11.5. The molecule has 1 heterocycles. The van der Waals surface area contributed by atoms with Gasteiger partial charge < -0.3 is 14.6 Å². The van der Waals surface area contributed by atoms with Crippen LogP contribution in [0.4, 0.5) is 11.4 Å². The van der Waals surface area contributed by atoms with Crippen LogP contribution >= 0.6 is 39.3 Å². The normalized spacial score (nSPS) is 11.7. The van der Waals surface area contributed by atoms with E-state index in [1.807, 2.05) is 31.2 Å². The molecule has 9 nitrogen and oxygen atoms in total. The highest BCUT2D eigenvalue weighted by molar-refractivity contribution is 9.10. The summed E-state index contributed by atoms with van der Waals surface area (Å²) in [5.74, 6) is 1.01. The van der Waals surface area contributed by atoms with Crippen molar-refractivity contribution >= 4 is 56.6 Å². The van der Waals surface area contributed by atoms with Crippen molar-refractivity contribution < 1.29 is 14.5 Å². The number of carbonyl (C=O) groups excluding carboxylic acids is 1. The van der Waals surface area contributed by atoms with Crippen LogP contribution in [0.5, 0.6) is 5.75 Å². The third kappa shape index (κ3) is 5.96. The predicted molar refractivity (Wildman–Crippen MR) is 122 cm³/mol. The number of amides is 1. The van der Waals surface area contributed by atoms with Crippen LogP contribution in [0.1, 0.15) is 18.9 Å². The van der Waals surface area contributed by atoms with E-state index in [2.05, 4.69) is 31.4 Å². The van der Waals surface area contributed by atoms with Crippen LogP contribution in [0.2, 0.25) is 5.02 Å². The van der Waals surface area contributed by atoms with Gasteiger partial charge in [0.05, 0.1) is 10.7 Å². The molecule has 3 rings (SSSR count). The molecule has 1 atom stereocenters. The van der Waals surface area contributed by atoms with Crippen molar-refractivity contribution in [1.82, 2.24) is 14.8 Å². The first kappa shape index (κ1) is 23.0. The Bertz CT molecular complexity index is 1110. The van der Waals surface area contributed by atoms with E-state index in [9.17, 15) is 14.9 Å². The zero-order chi connectivity index (χ0) is 22.5. The summed E-state index contributed by atoms with van der Waals surface area (Å²) in [5, 5.41) is 22.4. The molecule has 0 fully saturated rings. The number of nitrogens with one attached hydrogen (secondary N) is 1. The summed E-state index contributed by atoms with van der Waals surface area (Å²) in [6.07, 6.45) is -0.350. The lowest BCUT2D eigenvalue weighted by Gasteiger charge is -2.14. The van der Waals surface area contributed by atoms with Crippen LogP contribution in [0.3, 0.4) is 0 Å². The fourth-order valence-corrected chi connectivity index (χ4v) is 3.80. The second-order valence-corrected chi connectivity index (χ2v) is 8.64. The molecule has 1 N–H and O–H groups in total. The van der Waals surface area contributed by atoms with Gasteiger partial charge in [-0.05, 0) is 43.3 Å². The fraction of sp³-hybridized carbons (Fsp3) is 0.211. The Morgan fingerprint density at radius 2 is 2.03 bits per heavy atom. The molecule has 0 aliphatic heterocycles. The smallest absolute Gasteiger partial charge is 0.289 e. The van der Waals surface area contributed by atoms with Crippen molar-refractivity contribution in [1.29, 1.82) is 0 Å². The third-order valence-corrected chi connectivity index (χ3v) is 5.99. The minimum atomic E-state index is -0.606. The zero-order valence-corrected chi connectivity index (χ0v) is 19.6. The lowest BCUT2D eigenvalue weighted by atomic mass is 10.3. The lowest BCUT2D eigenvalue weighted by molar-refractivity contribution is -0.384. The molecule has 1 unspecified atom stereocenters.